The fraction of sp³-hybridized carbons (Fsp3) is 0.333. The van der Waals surface area contributed by atoms with Crippen LogP contribution in [0.15, 0.2) is 48.7 Å². The molecule has 35 heavy (non-hydrogen) atoms. The first-order valence-corrected chi connectivity index (χ1v) is 11.1. The lowest BCUT2D eigenvalue weighted by atomic mass is 9.96. The van der Waals surface area contributed by atoms with Crippen molar-refractivity contribution in [3.05, 3.63) is 71.6 Å². The molecule has 0 saturated carbocycles. The minimum atomic E-state index is -4.55. The standard InChI is InChI=1S/C24H24F4N6O/c1-15-12-21(32-20-7-6-17(25)13-29-20)33-23(30-15)16-8-10-34(11-9-16)14-22(35)31-19-5-3-2-4-18(19)24(26,27)28/h2-7,12-13,16H,8-11,14H2,1H3,(H,31,35)(H,29,30,32,33). The second-order valence-corrected chi connectivity index (χ2v) is 8.38. The van der Waals surface area contributed by atoms with Crippen molar-refractivity contribution in [3.63, 3.8) is 0 Å². The number of carbonyl (C=O) groups excluding carboxylic acids is 1. The normalized spacial score (nSPS) is 15.1. The van der Waals surface area contributed by atoms with E-state index in [0.29, 0.717) is 43.4 Å². The van der Waals surface area contributed by atoms with Crippen molar-refractivity contribution in [1.82, 2.24) is 19.9 Å². The van der Waals surface area contributed by atoms with Gasteiger partial charge in [-0.3, -0.25) is 9.69 Å². The maximum Gasteiger partial charge on any atom is 0.418 e. The molecule has 0 unspecified atom stereocenters. The summed E-state index contributed by atoms with van der Waals surface area (Å²) in [6.07, 6.45) is -2.03. The van der Waals surface area contributed by atoms with Crippen molar-refractivity contribution >= 4 is 23.2 Å². The Morgan fingerprint density at radius 3 is 2.51 bits per heavy atom. The SMILES string of the molecule is Cc1cc(Nc2ccc(F)cn2)nc(C2CCN(CC(=O)Nc3ccccc3C(F)(F)F)CC2)n1. The highest BCUT2D eigenvalue weighted by molar-refractivity contribution is 5.93. The molecule has 0 aliphatic carbocycles. The number of halogens is 4. The number of amides is 1. The summed E-state index contributed by atoms with van der Waals surface area (Å²) in [5.41, 5.74) is -0.350. The molecule has 0 radical (unpaired) electrons. The molecule has 1 aliphatic rings. The van der Waals surface area contributed by atoms with Gasteiger partial charge in [0.05, 0.1) is 24.0 Å². The maximum atomic E-state index is 13.2. The van der Waals surface area contributed by atoms with Gasteiger partial charge in [0.2, 0.25) is 5.91 Å². The predicted molar refractivity (Wildman–Crippen MR) is 123 cm³/mol. The predicted octanol–water partition coefficient (Wildman–Crippen LogP) is 4.90. The zero-order valence-electron chi connectivity index (χ0n) is 18.9. The Bertz CT molecular complexity index is 1180. The van der Waals surface area contributed by atoms with Crippen molar-refractivity contribution in [2.24, 2.45) is 0 Å². The van der Waals surface area contributed by atoms with Gasteiger partial charge in [0.1, 0.15) is 23.3 Å². The van der Waals surface area contributed by atoms with Crippen molar-refractivity contribution < 1.29 is 22.4 Å². The van der Waals surface area contributed by atoms with E-state index in [9.17, 15) is 22.4 Å². The van der Waals surface area contributed by atoms with Gasteiger partial charge in [-0.05, 0) is 57.1 Å². The highest BCUT2D eigenvalue weighted by Gasteiger charge is 2.33. The van der Waals surface area contributed by atoms with Gasteiger partial charge in [0, 0.05) is 17.7 Å². The van der Waals surface area contributed by atoms with Crippen molar-refractivity contribution in [2.75, 3.05) is 30.3 Å². The molecule has 3 heterocycles. The third-order valence-electron chi connectivity index (χ3n) is 5.68. The molecule has 4 rings (SSSR count). The molecule has 7 nitrogen and oxygen atoms in total. The van der Waals surface area contributed by atoms with Gasteiger partial charge in [-0.1, -0.05) is 12.1 Å². The summed E-state index contributed by atoms with van der Waals surface area (Å²) >= 11 is 0. The summed E-state index contributed by atoms with van der Waals surface area (Å²) in [6, 6.07) is 9.52. The highest BCUT2D eigenvalue weighted by Crippen LogP contribution is 2.34. The number of hydrogen-bond acceptors (Lipinski definition) is 6. The lowest BCUT2D eigenvalue weighted by molar-refractivity contribution is -0.137. The lowest BCUT2D eigenvalue weighted by Crippen LogP contribution is -2.39. The van der Waals surface area contributed by atoms with Crippen LogP contribution in [0, 0.1) is 12.7 Å². The third-order valence-corrected chi connectivity index (χ3v) is 5.68. The number of benzene rings is 1. The molecule has 1 aliphatic heterocycles. The maximum absolute atomic E-state index is 13.2. The molecule has 1 amide bonds. The highest BCUT2D eigenvalue weighted by atomic mass is 19.4. The number of nitrogens with zero attached hydrogens (tertiary/aromatic N) is 4. The third kappa shape index (κ3) is 6.50. The zero-order chi connectivity index (χ0) is 25.0. The van der Waals surface area contributed by atoms with Crippen LogP contribution in [0.25, 0.3) is 0 Å². The molecule has 11 heteroatoms. The number of carbonyl (C=O) groups is 1. The van der Waals surface area contributed by atoms with Crippen LogP contribution in [0.4, 0.5) is 34.9 Å². The summed E-state index contributed by atoms with van der Waals surface area (Å²) in [5, 5.41) is 5.44. The molecule has 1 fully saturated rings. The number of aromatic nitrogens is 3. The Morgan fingerprint density at radius 1 is 1.09 bits per heavy atom. The number of nitrogens with one attached hydrogen (secondary N) is 2. The Balaban J connectivity index is 1.34. The Labute approximate surface area is 199 Å². The van der Waals surface area contributed by atoms with E-state index in [-0.39, 0.29) is 18.2 Å². The molecule has 0 bridgehead atoms. The van der Waals surface area contributed by atoms with Gasteiger partial charge >= 0.3 is 6.18 Å². The van der Waals surface area contributed by atoms with Gasteiger partial charge < -0.3 is 10.6 Å². The molecule has 1 saturated heterocycles. The summed E-state index contributed by atoms with van der Waals surface area (Å²) < 4.78 is 52.6. The van der Waals surface area contributed by atoms with Crippen LogP contribution in [0.3, 0.4) is 0 Å². The van der Waals surface area contributed by atoms with E-state index in [1.165, 1.54) is 30.3 Å². The monoisotopic (exact) mass is 488 g/mol. The topological polar surface area (TPSA) is 83.0 Å². The summed E-state index contributed by atoms with van der Waals surface area (Å²) in [6.45, 7) is 3.01. The van der Waals surface area contributed by atoms with Crippen molar-refractivity contribution in [2.45, 2.75) is 31.9 Å². The molecule has 2 N–H and O–H groups in total. The number of aryl methyl sites for hydroxylation is 1. The van der Waals surface area contributed by atoms with E-state index in [0.717, 1.165) is 18.0 Å². The second kappa shape index (κ2) is 10.3. The smallest absolute Gasteiger partial charge is 0.325 e. The second-order valence-electron chi connectivity index (χ2n) is 8.38. The molecular weight excluding hydrogens is 464 g/mol. The van der Waals surface area contributed by atoms with Crippen LogP contribution in [-0.2, 0) is 11.0 Å². The average molecular weight is 488 g/mol. The Morgan fingerprint density at radius 2 is 1.83 bits per heavy atom. The summed E-state index contributed by atoms with van der Waals surface area (Å²) in [5.74, 6) is 0.824. The van der Waals surface area contributed by atoms with Gasteiger partial charge in [-0.25, -0.2) is 19.3 Å². The van der Waals surface area contributed by atoms with Crippen LogP contribution in [0.2, 0.25) is 0 Å². The number of alkyl halides is 3. The number of rotatable bonds is 6. The molecule has 0 spiro atoms. The van der Waals surface area contributed by atoms with Crippen molar-refractivity contribution in [3.8, 4) is 0 Å². The average Bonchev–Trinajstić information content (AvgIpc) is 2.80. The number of piperidine rings is 1. The van der Waals surface area contributed by atoms with Crippen LogP contribution >= 0.6 is 0 Å². The van der Waals surface area contributed by atoms with E-state index in [2.05, 4.69) is 25.6 Å². The first kappa shape index (κ1) is 24.5. The summed E-state index contributed by atoms with van der Waals surface area (Å²) in [4.78, 5) is 27.4. The van der Waals surface area contributed by atoms with Crippen LogP contribution in [0.5, 0.6) is 0 Å². The molecule has 2 aromatic heterocycles. The van der Waals surface area contributed by atoms with Crippen LogP contribution in [0.1, 0.15) is 35.8 Å². The summed E-state index contributed by atoms with van der Waals surface area (Å²) in [7, 11) is 0. The largest absolute Gasteiger partial charge is 0.418 e. The molecule has 1 aromatic carbocycles. The number of anilines is 3. The van der Waals surface area contributed by atoms with E-state index in [1.54, 1.807) is 6.07 Å². The number of pyridine rings is 1. The van der Waals surface area contributed by atoms with Gasteiger partial charge in [0.15, 0.2) is 0 Å². The molecule has 3 aromatic rings. The van der Waals surface area contributed by atoms with Gasteiger partial charge in [0.25, 0.3) is 0 Å². The minimum Gasteiger partial charge on any atom is -0.325 e. The van der Waals surface area contributed by atoms with Crippen LogP contribution < -0.4 is 10.6 Å². The quantitative estimate of drug-likeness (QED) is 0.481. The van der Waals surface area contributed by atoms with E-state index < -0.39 is 23.5 Å². The fourth-order valence-electron chi connectivity index (χ4n) is 4.00. The molecule has 0 atom stereocenters. The fourth-order valence-corrected chi connectivity index (χ4v) is 4.00. The molecule has 184 valence electrons. The number of para-hydroxylation sites is 1. The Hall–Kier alpha value is -3.60. The molecular formula is C24H24F4N6O. The van der Waals surface area contributed by atoms with E-state index >= 15 is 0 Å². The Kier molecular flexibility index (Phi) is 7.25. The zero-order valence-corrected chi connectivity index (χ0v) is 18.9. The first-order valence-electron chi connectivity index (χ1n) is 11.1. The first-order chi connectivity index (χ1) is 16.7. The van der Waals surface area contributed by atoms with Crippen molar-refractivity contribution in [1.29, 1.82) is 0 Å². The van der Waals surface area contributed by atoms with Gasteiger partial charge in [-0.15, -0.1) is 0 Å². The van der Waals surface area contributed by atoms with E-state index in [4.69, 9.17) is 0 Å². The minimum absolute atomic E-state index is 0.00335. The lowest BCUT2D eigenvalue weighted by Gasteiger charge is -2.31. The number of hydrogen-bond donors (Lipinski definition) is 2. The van der Waals surface area contributed by atoms with Crippen LogP contribution in [-0.4, -0.2) is 45.4 Å². The number of likely N-dealkylation sites (tertiary alicyclic amines) is 1. The van der Waals surface area contributed by atoms with E-state index in [1.807, 2.05) is 11.8 Å². The van der Waals surface area contributed by atoms with Gasteiger partial charge in [-0.2, -0.15) is 13.2 Å².